The lowest BCUT2D eigenvalue weighted by Crippen LogP contribution is -2.43. The Morgan fingerprint density at radius 2 is 2.06 bits per heavy atom. The second-order valence-corrected chi connectivity index (χ2v) is 6.66. The van der Waals surface area contributed by atoms with Gasteiger partial charge in [-0.3, -0.25) is 4.90 Å². The fourth-order valence-corrected chi connectivity index (χ4v) is 3.65. The molecule has 2 saturated carbocycles. The maximum absolute atomic E-state index is 5.91. The third-order valence-electron chi connectivity index (χ3n) is 5.19. The Balaban J connectivity index is 1.40. The molecule has 98 valence electrons. The highest BCUT2D eigenvalue weighted by Gasteiger charge is 2.53. The van der Waals surface area contributed by atoms with Crippen molar-refractivity contribution in [1.82, 2.24) is 9.88 Å². The average molecular weight is 246 g/mol. The van der Waals surface area contributed by atoms with Crippen LogP contribution in [0.2, 0.25) is 0 Å². The SMILES string of the molecule is CN(Cc1nc2c(o1)CCCC2)C1CC2(CC2)C1. The highest BCUT2D eigenvalue weighted by Crippen LogP contribution is 2.61. The van der Waals surface area contributed by atoms with Crippen LogP contribution in [0.3, 0.4) is 0 Å². The molecular formula is C15H22N2O. The quantitative estimate of drug-likeness (QED) is 0.821. The van der Waals surface area contributed by atoms with Gasteiger partial charge in [0.1, 0.15) is 5.76 Å². The minimum absolute atomic E-state index is 0.774. The van der Waals surface area contributed by atoms with E-state index in [-0.39, 0.29) is 0 Å². The fourth-order valence-electron chi connectivity index (χ4n) is 3.65. The molecule has 18 heavy (non-hydrogen) atoms. The molecule has 0 atom stereocenters. The van der Waals surface area contributed by atoms with Gasteiger partial charge in [-0.1, -0.05) is 0 Å². The molecule has 0 unspecified atom stereocenters. The summed E-state index contributed by atoms with van der Waals surface area (Å²) in [6.07, 6.45) is 10.5. The molecule has 3 heteroatoms. The van der Waals surface area contributed by atoms with Gasteiger partial charge >= 0.3 is 0 Å². The van der Waals surface area contributed by atoms with Crippen molar-refractivity contribution in [2.45, 2.75) is 64.0 Å². The minimum Gasteiger partial charge on any atom is -0.444 e. The van der Waals surface area contributed by atoms with Crippen molar-refractivity contribution >= 4 is 0 Å². The lowest BCUT2D eigenvalue weighted by atomic mass is 9.76. The maximum Gasteiger partial charge on any atom is 0.208 e. The van der Waals surface area contributed by atoms with Gasteiger partial charge in [0.25, 0.3) is 0 Å². The van der Waals surface area contributed by atoms with E-state index in [1.807, 2.05) is 0 Å². The standard InChI is InChI=1S/C15H22N2O/c1-17(11-8-15(9-11)6-7-15)10-14-16-12-4-2-3-5-13(12)18-14/h11H,2-10H2,1H3. The van der Waals surface area contributed by atoms with Gasteiger partial charge in [0.2, 0.25) is 5.89 Å². The molecule has 3 aliphatic rings. The first-order chi connectivity index (χ1) is 8.74. The van der Waals surface area contributed by atoms with E-state index < -0.39 is 0 Å². The van der Waals surface area contributed by atoms with Crippen LogP contribution < -0.4 is 0 Å². The molecule has 0 saturated heterocycles. The van der Waals surface area contributed by atoms with E-state index in [0.717, 1.165) is 42.5 Å². The Bertz CT molecular complexity index is 430. The molecule has 3 nitrogen and oxygen atoms in total. The molecular weight excluding hydrogens is 224 g/mol. The number of aromatic nitrogens is 1. The molecule has 0 radical (unpaired) electrons. The van der Waals surface area contributed by atoms with E-state index >= 15 is 0 Å². The van der Waals surface area contributed by atoms with Crippen LogP contribution in [0, 0.1) is 5.41 Å². The van der Waals surface area contributed by atoms with Crippen LogP contribution in [-0.2, 0) is 19.4 Å². The van der Waals surface area contributed by atoms with Gasteiger partial charge < -0.3 is 4.42 Å². The van der Waals surface area contributed by atoms with Crippen molar-refractivity contribution in [1.29, 1.82) is 0 Å². The van der Waals surface area contributed by atoms with Crippen LogP contribution in [0.25, 0.3) is 0 Å². The summed E-state index contributed by atoms with van der Waals surface area (Å²) in [5.41, 5.74) is 2.02. The molecule has 0 aromatic carbocycles. The van der Waals surface area contributed by atoms with Crippen LogP contribution in [0.4, 0.5) is 0 Å². The van der Waals surface area contributed by atoms with E-state index in [1.54, 1.807) is 0 Å². The molecule has 1 aromatic heterocycles. The highest BCUT2D eigenvalue weighted by molar-refractivity contribution is 5.13. The number of aryl methyl sites for hydroxylation is 2. The van der Waals surface area contributed by atoms with Crippen LogP contribution >= 0.6 is 0 Å². The second-order valence-electron chi connectivity index (χ2n) is 6.66. The van der Waals surface area contributed by atoms with Crippen molar-refractivity contribution in [2.24, 2.45) is 5.41 Å². The molecule has 0 aliphatic heterocycles. The molecule has 1 heterocycles. The molecule has 0 bridgehead atoms. The molecule has 3 aliphatic carbocycles. The van der Waals surface area contributed by atoms with E-state index in [9.17, 15) is 0 Å². The zero-order valence-electron chi connectivity index (χ0n) is 11.2. The Kier molecular flexibility index (Phi) is 2.35. The van der Waals surface area contributed by atoms with Gasteiger partial charge in [0.05, 0.1) is 12.2 Å². The van der Waals surface area contributed by atoms with Crippen molar-refractivity contribution in [3.05, 3.63) is 17.3 Å². The van der Waals surface area contributed by atoms with Crippen molar-refractivity contribution in [3.8, 4) is 0 Å². The first-order valence-corrected chi connectivity index (χ1v) is 7.42. The summed E-state index contributed by atoms with van der Waals surface area (Å²) >= 11 is 0. The maximum atomic E-state index is 5.91. The van der Waals surface area contributed by atoms with Crippen molar-refractivity contribution in [3.63, 3.8) is 0 Å². The van der Waals surface area contributed by atoms with Gasteiger partial charge in [-0.2, -0.15) is 0 Å². The lowest BCUT2D eigenvalue weighted by molar-refractivity contribution is 0.0736. The third kappa shape index (κ3) is 1.80. The second kappa shape index (κ2) is 3.83. The lowest BCUT2D eigenvalue weighted by Gasteiger charge is -2.41. The normalized spacial score (nSPS) is 25.2. The summed E-state index contributed by atoms with van der Waals surface area (Å²) in [7, 11) is 2.23. The highest BCUT2D eigenvalue weighted by atomic mass is 16.4. The summed E-state index contributed by atoms with van der Waals surface area (Å²) in [4.78, 5) is 7.12. The summed E-state index contributed by atoms with van der Waals surface area (Å²) < 4.78 is 5.91. The van der Waals surface area contributed by atoms with Crippen molar-refractivity contribution < 1.29 is 4.42 Å². The number of nitrogens with zero attached hydrogens (tertiary/aromatic N) is 2. The number of hydrogen-bond acceptors (Lipinski definition) is 3. The van der Waals surface area contributed by atoms with E-state index in [4.69, 9.17) is 4.42 Å². The molecule has 1 aromatic rings. The molecule has 4 rings (SSSR count). The van der Waals surface area contributed by atoms with Crippen LogP contribution in [0.15, 0.2) is 4.42 Å². The molecule has 0 amide bonds. The first kappa shape index (κ1) is 11.0. The van der Waals surface area contributed by atoms with Gasteiger partial charge in [0.15, 0.2) is 0 Å². The first-order valence-electron chi connectivity index (χ1n) is 7.42. The third-order valence-corrected chi connectivity index (χ3v) is 5.19. The smallest absolute Gasteiger partial charge is 0.208 e. The van der Waals surface area contributed by atoms with Crippen LogP contribution in [0.1, 0.15) is 55.9 Å². The molecule has 0 N–H and O–H groups in total. The number of rotatable bonds is 3. The summed E-state index contributed by atoms with van der Waals surface area (Å²) in [6.45, 7) is 0.897. The van der Waals surface area contributed by atoms with E-state index in [0.29, 0.717) is 0 Å². The number of fused-ring (bicyclic) bond motifs is 1. The average Bonchev–Trinajstić information content (AvgIpc) is 3.01. The van der Waals surface area contributed by atoms with Gasteiger partial charge in [-0.25, -0.2) is 4.98 Å². The van der Waals surface area contributed by atoms with Crippen molar-refractivity contribution in [2.75, 3.05) is 7.05 Å². The zero-order valence-corrected chi connectivity index (χ0v) is 11.2. The van der Waals surface area contributed by atoms with E-state index in [1.165, 1.54) is 44.2 Å². The van der Waals surface area contributed by atoms with Gasteiger partial charge in [-0.15, -0.1) is 0 Å². The number of oxazole rings is 1. The minimum atomic E-state index is 0.774. The Morgan fingerprint density at radius 1 is 1.28 bits per heavy atom. The number of hydrogen-bond donors (Lipinski definition) is 0. The fraction of sp³-hybridized carbons (Fsp3) is 0.800. The van der Waals surface area contributed by atoms with Gasteiger partial charge in [0, 0.05) is 12.5 Å². The largest absolute Gasteiger partial charge is 0.444 e. The summed E-state index contributed by atoms with van der Waals surface area (Å²) in [5, 5.41) is 0. The molecule has 2 fully saturated rings. The monoisotopic (exact) mass is 246 g/mol. The Labute approximate surface area is 109 Å². The summed E-state index contributed by atoms with van der Waals surface area (Å²) in [6, 6.07) is 0.774. The van der Waals surface area contributed by atoms with Gasteiger partial charge in [-0.05, 0) is 57.4 Å². The topological polar surface area (TPSA) is 29.3 Å². The van der Waals surface area contributed by atoms with Crippen LogP contribution in [0.5, 0.6) is 0 Å². The predicted molar refractivity (Wildman–Crippen MR) is 69.3 cm³/mol. The molecule has 1 spiro atoms. The predicted octanol–water partition coefficient (Wildman–Crippen LogP) is 2.93. The zero-order chi connectivity index (χ0) is 12.2. The Hall–Kier alpha value is -0.830. The van der Waals surface area contributed by atoms with E-state index in [2.05, 4.69) is 16.9 Å². The summed E-state index contributed by atoms with van der Waals surface area (Å²) in [5.74, 6) is 2.11. The Morgan fingerprint density at radius 3 is 2.78 bits per heavy atom. The van der Waals surface area contributed by atoms with Crippen LogP contribution in [-0.4, -0.2) is 23.0 Å².